The van der Waals surface area contributed by atoms with E-state index in [4.69, 9.17) is 9.47 Å². The standard InChI is InChI=1S/C19H20N2O4S2/c1-26-18-14-10-27-17(16(14)20-11-21-18)19(23)15(22)7-13(25-19)9-24-8-12-5-3-2-4-6-12/h2-6,10-11,13,15,22-23H,7-9H2,1H3/t13-,15+,19?/m0/s1. The molecule has 2 aromatic heterocycles. The summed E-state index contributed by atoms with van der Waals surface area (Å²) in [5, 5.41) is 25.2. The van der Waals surface area contributed by atoms with Crippen molar-refractivity contribution >= 4 is 34.0 Å². The van der Waals surface area contributed by atoms with Crippen molar-refractivity contribution in [2.45, 2.75) is 36.0 Å². The van der Waals surface area contributed by atoms with E-state index in [1.165, 1.54) is 29.4 Å². The number of fused-ring (bicyclic) bond motifs is 1. The third kappa shape index (κ3) is 3.61. The third-order valence-electron chi connectivity index (χ3n) is 4.58. The Morgan fingerprint density at radius 3 is 2.93 bits per heavy atom. The summed E-state index contributed by atoms with van der Waals surface area (Å²) in [5.74, 6) is -1.78. The molecule has 1 unspecified atom stereocenters. The average Bonchev–Trinajstić information content (AvgIpc) is 3.24. The van der Waals surface area contributed by atoms with Crippen molar-refractivity contribution in [3.63, 3.8) is 0 Å². The Morgan fingerprint density at radius 2 is 2.15 bits per heavy atom. The number of aromatic nitrogens is 2. The van der Waals surface area contributed by atoms with Crippen LogP contribution in [0.3, 0.4) is 0 Å². The van der Waals surface area contributed by atoms with E-state index < -0.39 is 18.0 Å². The van der Waals surface area contributed by atoms with Gasteiger partial charge in [-0.3, -0.25) is 0 Å². The maximum atomic E-state index is 11.1. The number of ether oxygens (including phenoxy) is 2. The molecule has 1 aliphatic rings. The van der Waals surface area contributed by atoms with E-state index >= 15 is 0 Å². The quantitative estimate of drug-likeness (QED) is 0.483. The molecule has 3 aromatic rings. The van der Waals surface area contributed by atoms with Crippen molar-refractivity contribution in [1.82, 2.24) is 9.97 Å². The minimum atomic E-state index is -1.78. The lowest BCUT2D eigenvalue weighted by Gasteiger charge is -2.25. The van der Waals surface area contributed by atoms with E-state index in [1.807, 2.05) is 42.0 Å². The van der Waals surface area contributed by atoms with E-state index in [0.717, 1.165) is 16.0 Å². The summed E-state index contributed by atoms with van der Waals surface area (Å²) >= 11 is 2.84. The van der Waals surface area contributed by atoms with Crippen LogP contribution in [0.2, 0.25) is 0 Å². The van der Waals surface area contributed by atoms with Crippen molar-refractivity contribution in [1.29, 1.82) is 0 Å². The Labute approximate surface area is 165 Å². The molecule has 0 bridgehead atoms. The van der Waals surface area contributed by atoms with Gasteiger partial charge in [0.1, 0.15) is 17.5 Å². The Hall–Kier alpha value is -1.55. The predicted octanol–water partition coefficient (Wildman–Crippen LogP) is 2.92. The number of nitrogens with zero attached hydrogens (tertiary/aromatic N) is 2. The highest BCUT2D eigenvalue weighted by molar-refractivity contribution is 7.98. The summed E-state index contributed by atoms with van der Waals surface area (Å²) < 4.78 is 11.6. The van der Waals surface area contributed by atoms with Gasteiger partial charge in [-0.15, -0.1) is 23.1 Å². The molecule has 3 atom stereocenters. The number of aliphatic hydroxyl groups is 2. The van der Waals surface area contributed by atoms with Gasteiger partial charge in [-0.05, 0) is 11.8 Å². The lowest BCUT2D eigenvalue weighted by atomic mass is 10.1. The molecule has 27 heavy (non-hydrogen) atoms. The number of benzene rings is 1. The molecule has 1 aliphatic heterocycles. The van der Waals surface area contributed by atoms with Crippen LogP contribution in [-0.4, -0.2) is 45.3 Å². The van der Waals surface area contributed by atoms with Crippen LogP contribution in [0.4, 0.5) is 0 Å². The first-order valence-corrected chi connectivity index (χ1v) is 10.7. The molecule has 6 nitrogen and oxygen atoms in total. The predicted molar refractivity (Wildman–Crippen MR) is 105 cm³/mol. The fraction of sp³-hybridized carbons (Fsp3) is 0.368. The van der Waals surface area contributed by atoms with Gasteiger partial charge in [0.05, 0.1) is 29.7 Å². The summed E-state index contributed by atoms with van der Waals surface area (Å²) in [4.78, 5) is 9.06. The first-order chi connectivity index (χ1) is 13.1. The second-order valence-electron chi connectivity index (χ2n) is 6.40. The lowest BCUT2D eigenvalue weighted by molar-refractivity contribution is -0.238. The highest BCUT2D eigenvalue weighted by Gasteiger charge is 2.50. The van der Waals surface area contributed by atoms with E-state index in [1.54, 1.807) is 0 Å². The maximum Gasteiger partial charge on any atom is 0.231 e. The summed E-state index contributed by atoms with van der Waals surface area (Å²) in [6.45, 7) is 0.754. The van der Waals surface area contributed by atoms with Gasteiger partial charge in [0.2, 0.25) is 5.79 Å². The largest absolute Gasteiger partial charge is 0.387 e. The van der Waals surface area contributed by atoms with Gasteiger partial charge in [-0.2, -0.15) is 0 Å². The van der Waals surface area contributed by atoms with Gasteiger partial charge >= 0.3 is 0 Å². The van der Waals surface area contributed by atoms with Gasteiger partial charge in [0, 0.05) is 17.2 Å². The summed E-state index contributed by atoms with van der Waals surface area (Å²) in [7, 11) is 0. The first kappa shape index (κ1) is 18.8. The van der Waals surface area contributed by atoms with Gasteiger partial charge in [0.15, 0.2) is 0 Å². The molecule has 0 aliphatic carbocycles. The molecule has 8 heteroatoms. The molecule has 0 amide bonds. The van der Waals surface area contributed by atoms with E-state index in [2.05, 4.69) is 9.97 Å². The SMILES string of the molecule is CSc1ncnc2c(C3(O)O[C@H](COCc4ccccc4)C[C@H]3O)scc12. The van der Waals surface area contributed by atoms with Crippen LogP contribution in [0, 0.1) is 0 Å². The molecular weight excluding hydrogens is 384 g/mol. The molecular formula is C19H20N2O4S2. The normalized spacial score (nSPS) is 25.3. The fourth-order valence-corrected chi connectivity index (χ4v) is 4.92. The molecule has 0 saturated carbocycles. The van der Waals surface area contributed by atoms with Crippen LogP contribution >= 0.6 is 23.1 Å². The minimum absolute atomic E-state index is 0.294. The summed E-state index contributed by atoms with van der Waals surface area (Å²) in [6.07, 6.45) is 2.26. The highest BCUT2D eigenvalue weighted by atomic mass is 32.2. The van der Waals surface area contributed by atoms with Gasteiger partial charge in [0.25, 0.3) is 0 Å². The zero-order valence-electron chi connectivity index (χ0n) is 14.7. The van der Waals surface area contributed by atoms with Crippen LogP contribution in [0.5, 0.6) is 0 Å². The van der Waals surface area contributed by atoms with Crippen molar-refractivity contribution in [2.24, 2.45) is 0 Å². The lowest BCUT2D eigenvalue weighted by Crippen LogP contribution is -2.35. The Balaban J connectivity index is 1.49. The van der Waals surface area contributed by atoms with Crippen molar-refractivity contribution < 1.29 is 19.7 Å². The number of thiophene rings is 1. The van der Waals surface area contributed by atoms with Crippen LogP contribution < -0.4 is 0 Å². The topological polar surface area (TPSA) is 84.7 Å². The van der Waals surface area contributed by atoms with Crippen LogP contribution in [0.1, 0.15) is 16.9 Å². The Bertz CT molecular complexity index is 920. The molecule has 1 aromatic carbocycles. The van der Waals surface area contributed by atoms with E-state index in [0.29, 0.717) is 30.0 Å². The number of hydrogen-bond donors (Lipinski definition) is 2. The van der Waals surface area contributed by atoms with Crippen molar-refractivity contribution in [3.05, 3.63) is 52.5 Å². The minimum Gasteiger partial charge on any atom is -0.387 e. The molecule has 0 radical (unpaired) electrons. The second kappa shape index (κ2) is 7.83. The monoisotopic (exact) mass is 404 g/mol. The van der Waals surface area contributed by atoms with Crippen LogP contribution in [0.25, 0.3) is 10.9 Å². The van der Waals surface area contributed by atoms with E-state index in [9.17, 15) is 10.2 Å². The second-order valence-corrected chi connectivity index (χ2v) is 8.07. The average molecular weight is 405 g/mol. The van der Waals surface area contributed by atoms with Crippen LogP contribution in [0.15, 0.2) is 47.1 Å². The smallest absolute Gasteiger partial charge is 0.231 e. The summed E-state index contributed by atoms with van der Waals surface area (Å²) in [6, 6.07) is 9.85. The van der Waals surface area contributed by atoms with E-state index in [-0.39, 0.29) is 0 Å². The molecule has 0 spiro atoms. The summed E-state index contributed by atoms with van der Waals surface area (Å²) in [5.41, 5.74) is 1.68. The number of rotatable bonds is 6. The number of aliphatic hydroxyl groups excluding tert-OH is 1. The number of hydrogen-bond acceptors (Lipinski definition) is 8. The van der Waals surface area contributed by atoms with Gasteiger partial charge in [-0.1, -0.05) is 30.3 Å². The van der Waals surface area contributed by atoms with Gasteiger partial charge < -0.3 is 19.7 Å². The molecule has 3 heterocycles. The Kier molecular flexibility index (Phi) is 5.45. The highest BCUT2D eigenvalue weighted by Crippen LogP contribution is 2.44. The Morgan fingerprint density at radius 1 is 1.33 bits per heavy atom. The maximum absolute atomic E-state index is 11.1. The zero-order valence-corrected chi connectivity index (χ0v) is 16.4. The van der Waals surface area contributed by atoms with Crippen molar-refractivity contribution in [3.8, 4) is 0 Å². The fourth-order valence-electron chi connectivity index (χ4n) is 3.24. The molecule has 1 saturated heterocycles. The number of thioether (sulfide) groups is 1. The zero-order chi connectivity index (χ0) is 18.9. The molecule has 1 fully saturated rings. The van der Waals surface area contributed by atoms with Crippen molar-refractivity contribution in [2.75, 3.05) is 12.9 Å². The molecule has 4 rings (SSSR count). The van der Waals surface area contributed by atoms with Gasteiger partial charge in [-0.25, -0.2) is 9.97 Å². The molecule has 2 N–H and O–H groups in total. The first-order valence-electron chi connectivity index (χ1n) is 8.58. The third-order valence-corrected chi connectivity index (χ3v) is 6.36. The molecule has 142 valence electrons. The van der Waals surface area contributed by atoms with Crippen LogP contribution in [-0.2, 0) is 21.9 Å².